The highest BCUT2D eigenvalue weighted by Gasteiger charge is 2.04. The number of hydrogen-bond donors (Lipinski definition) is 2. The molecule has 0 rings (SSSR count). The Kier molecular flexibility index (Phi) is 7.13. The van der Waals surface area contributed by atoms with E-state index in [1.54, 1.807) is 12.2 Å². The Hall–Kier alpha value is -1.58. The van der Waals surface area contributed by atoms with Crippen molar-refractivity contribution in [2.24, 2.45) is 0 Å². The van der Waals surface area contributed by atoms with Crippen molar-refractivity contribution >= 4 is 11.8 Å². The van der Waals surface area contributed by atoms with Crippen molar-refractivity contribution in [3.63, 3.8) is 0 Å². The van der Waals surface area contributed by atoms with Gasteiger partial charge in [-0.05, 0) is 0 Å². The fourth-order valence-corrected chi connectivity index (χ4v) is 0.776. The molecule has 0 aliphatic carbocycles. The average Bonchev–Trinajstić information content (AvgIpc) is 2.20. The second kappa shape index (κ2) is 8.04. The van der Waals surface area contributed by atoms with Crippen molar-refractivity contribution < 1.29 is 9.59 Å². The van der Waals surface area contributed by atoms with E-state index >= 15 is 0 Å². The van der Waals surface area contributed by atoms with Crippen LogP contribution in [0.15, 0.2) is 25.3 Å². The molecule has 0 aromatic rings. The molecule has 0 saturated carbocycles. The summed E-state index contributed by atoms with van der Waals surface area (Å²) in [6.07, 6.45) is 3.60. The van der Waals surface area contributed by atoms with Crippen molar-refractivity contribution in [2.75, 3.05) is 13.1 Å². The van der Waals surface area contributed by atoms with Crippen molar-refractivity contribution in [2.45, 2.75) is 12.8 Å². The molecule has 0 radical (unpaired) electrons. The van der Waals surface area contributed by atoms with Crippen LogP contribution in [0.1, 0.15) is 12.8 Å². The van der Waals surface area contributed by atoms with E-state index in [0.717, 1.165) is 0 Å². The highest BCUT2D eigenvalue weighted by atomic mass is 16.2. The van der Waals surface area contributed by atoms with Gasteiger partial charge in [0.15, 0.2) is 0 Å². The normalized spacial score (nSPS) is 8.86. The molecule has 0 bridgehead atoms. The van der Waals surface area contributed by atoms with Gasteiger partial charge in [-0.25, -0.2) is 0 Å². The van der Waals surface area contributed by atoms with E-state index < -0.39 is 0 Å². The third-order valence-corrected chi connectivity index (χ3v) is 1.47. The van der Waals surface area contributed by atoms with Gasteiger partial charge in [0.05, 0.1) is 0 Å². The van der Waals surface area contributed by atoms with E-state index in [0.29, 0.717) is 13.1 Å². The lowest BCUT2D eigenvalue weighted by Crippen LogP contribution is -2.27. The van der Waals surface area contributed by atoms with Crippen LogP contribution in [0.2, 0.25) is 0 Å². The van der Waals surface area contributed by atoms with E-state index in [2.05, 4.69) is 23.8 Å². The lowest BCUT2D eigenvalue weighted by molar-refractivity contribution is -0.126. The van der Waals surface area contributed by atoms with Gasteiger partial charge in [-0.3, -0.25) is 9.59 Å². The minimum Gasteiger partial charge on any atom is -0.353 e. The number of carbonyl (C=O) groups is 2. The molecule has 0 fully saturated rings. The molecule has 2 N–H and O–H groups in total. The molecule has 0 atom stereocenters. The first-order valence-corrected chi connectivity index (χ1v) is 4.46. The van der Waals surface area contributed by atoms with Crippen LogP contribution in [0.3, 0.4) is 0 Å². The molecule has 0 heterocycles. The maximum Gasteiger partial charge on any atom is 0.220 e. The van der Waals surface area contributed by atoms with Gasteiger partial charge in [-0.1, -0.05) is 12.2 Å². The number of rotatable bonds is 7. The first-order valence-electron chi connectivity index (χ1n) is 4.46. The van der Waals surface area contributed by atoms with Crippen LogP contribution in [0.4, 0.5) is 0 Å². The predicted molar refractivity (Wildman–Crippen MR) is 55.6 cm³/mol. The first-order chi connectivity index (χ1) is 6.70. The van der Waals surface area contributed by atoms with E-state index in [-0.39, 0.29) is 24.7 Å². The molecule has 4 heteroatoms. The summed E-state index contributed by atoms with van der Waals surface area (Å²) in [7, 11) is 0. The van der Waals surface area contributed by atoms with Gasteiger partial charge in [-0.2, -0.15) is 0 Å². The molecule has 0 saturated heterocycles. The zero-order chi connectivity index (χ0) is 10.8. The smallest absolute Gasteiger partial charge is 0.220 e. The Morgan fingerprint density at radius 3 is 1.57 bits per heavy atom. The van der Waals surface area contributed by atoms with Gasteiger partial charge in [0.2, 0.25) is 11.8 Å². The van der Waals surface area contributed by atoms with E-state index in [4.69, 9.17) is 0 Å². The van der Waals surface area contributed by atoms with Crippen molar-refractivity contribution in [1.82, 2.24) is 10.6 Å². The highest BCUT2D eigenvalue weighted by Crippen LogP contribution is 1.88. The second-order valence-corrected chi connectivity index (χ2v) is 2.69. The van der Waals surface area contributed by atoms with Crippen LogP contribution >= 0.6 is 0 Å². The lowest BCUT2D eigenvalue weighted by atomic mass is 10.3. The predicted octanol–water partition coefficient (Wildman–Crippen LogP) is 0.371. The van der Waals surface area contributed by atoms with Gasteiger partial charge < -0.3 is 10.6 Å². The molecular weight excluding hydrogens is 180 g/mol. The van der Waals surface area contributed by atoms with Crippen LogP contribution in [-0.4, -0.2) is 24.9 Å². The molecule has 0 spiro atoms. The third kappa shape index (κ3) is 7.09. The van der Waals surface area contributed by atoms with Crippen LogP contribution in [0.5, 0.6) is 0 Å². The summed E-state index contributed by atoms with van der Waals surface area (Å²) in [6.45, 7) is 7.80. The van der Waals surface area contributed by atoms with Crippen LogP contribution < -0.4 is 10.6 Å². The Bertz CT molecular complexity index is 200. The zero-order valence-corrected chi connectivity index (χ0v) is 8.21. The average molecular weight is 196 g/mol. The lowest BCUT2D eigenvalue weighted by Gasteiger charge is -2.02. The van der Waals surface area contributed by atoms with Crippen LogP contribution in [-0.2, 0) is 9.59 Å². The first kappa shape index (κ1) is 12.4. The third-order valence-electron chi connectivity index (χ3n) is 1.47. The Morgan fingerprint density at radius 1 is 0.929 bits per heavy atom. The van der Waals surface area contributed by atoms with Gasteiger partial charge in [0.25, 0.3) is 0 Å². The molecule has 0 aliphatic heterocycles. The Labute approximate surface area is 84.1 Å². The largest absolute Gasteiger partial charge is 0.353 e. The molecule has 0 unspecified atom stereocenters. The number of hydrogen-bond acceptors (Lipinski definition) is 2. The van der Waals surface area contributed by atoms with Gasteiger partial charge >= 0.3 is 0 Å². The number of nitrogens with one attached hydrogen (secondary N) is 2. The van der Waals surface area contributed by atoms with Gasteiger partial charge in [-0.15, -0.1) is 13.2 Å². The van der Waals surface area contributed by atoms with Crippen molar-refractivity contribution in [1.29, 1.82) is 0 Å². The van der Waals surface area contributed by atoms with E-state index in [1.807, 2.05) is 0 Å². The minimum atomic E-state index is -0.140. The van der Waals surface area contributed by atoms with E-state index in [1.165, 1.54) is 0 Å². The molecular formula is C10H16N2O2. The van der Waals surface area contributed by atoms with Crippen LogP contribution in [0, 0.1) is 0 Å². The fraction of sp³-hybridized carbons (Fsp3) is 0.400. The molecule has 78 valence electrons. The standard InChI is InChI=1S/C10H16N2O2/c1-3-7-11-9(13)5-6-10(14)12-8-4-2/h3-4H,1-2,5-8H2,(H,11,13)(H,12,14). The molecule has 2 amide bonds. The maximum atomic E-state index is 11.0. The number of amides is 2. The monoisotopic (exact) mass is 196 g/mol. The van der Waals surface area contributed by atoms with E-state index in [9.17, 15) is 9.59 Å². The Morgan fingerprint density at radius 2 is 1.29 bits per heavy atom. The second-order valence-electron chi connectivity index (χ2n) is 2.69. The van der Waals surface area contributed by atoms with Crippen molar-refractivity contribution in [3.8, 4) is 0 Å². The molecule has 14 heavy (non-hydrogen) atoms. The highest BCUT2D eigenvalue weighted by molar-refractivity contribution is 5.83. The molecule has 4 nitrogen and oxygen atoms in total. The number of carbonyl (C=O) groups excluding carboxylic acids is 2. The topological polar surface area (TPSA) is 58.2 Å². The quantitative estimate of drug-likeness (QED) is 0.578. The summed E-state index contributed by atoms with van der Waals surface area (Å²) in [5.74, 6) is -0.280. The summed E-state index contributed by atoms with van der Waals surface area (Å²) in [5.41, 5.74) is 0. The summed E-state index contributed by atoms with van der Waals surface area (Å²) < 4.78 is 0. The summed E-state index contributed by atoms with van der Waals surface area (Å²) in [6, 6.07) is 0. The summed E-state index contributed by atoms with van der Waals surface area (Å²) >= 11 is 0. The molecule has 0 aromatic heterocycles. The maximum absolute atomic E-state index is 11.0. The van der Waals surface area contributed by atoms with Crippen molar-refractivity contribution in [3.05, 3.63) is 25.3 Å². The zero-order valence-electron chi connectivity index (χ0n) is 8.21. The molecule has 0 aliphatic rings. The minimum absolute atomic E-state index is 0.140. The van der Waals surface area contributed by atoms with Crippen LogP contribution in [0.25, 0.3) is 0 Å². The fourth-order valence-electron chi connectivity index (χ4n) is 0.776. The molecule has 0 aromatic carbocycles. The van der Waals surface area contributed by atoms with Gasteiger partial charge in [0.1, 0.15) is 0 Å². The van der Waals surface area contributed by atoms with Gasteiger partial charge in [0, 0.05) is 25.9 Å². The Balaban J connectivity index is 3.50. The SMILES string of the molecule is C=CCNC(=O)CCC(=O)NCC=C. The summed E-state index contributed by atoms with van der Waals surface area (Å²) in [4.78, 5) is 22.0. The summed E-state index contributed by atoms with van der Waals surface area (Å²) in [5, 5.41) is 5.17.